The van der Waals surface area contributed by atoms with Crippen molar-refractivity contribution in [3.8, 4) is 0 Å². The lowest BCUT2D eigenvalue weighted by molar-refractivity contribution is -0.148. The fraction of sp³-hybridized carbons (Fsp3) is 0.529. The Bertz CT molecular complexity index is 694. The van der Waals surface area contributed by atoms with E-state index in [1.165, 1.54) is 18.3 Å². The lowest BCUT2D eigenvalue weighted by atomic mass is 10.1. The number of Topliss-reactive ketones (excluding diaryl/α,β-unsaturated/α-hetero) is 1. The quantitative estimate of drug-likeness (QED) is 0.708. The number of amides is 1. The van der Waals surface area contributed by atoms with E-state index in [0.29, 0.717) is 10.6 Å². The van der Waals surface area contributed by atoms with Gasteiger partial charge in [0.25, 0.3) is 5.91 Å². The number of fused-ring (bicyclic) bond motifs is 1. The molecule has 1 aliphatic carbocycles. The second-order valence-electron chi connectivity index (χ2n) is 5.69. The van der Waals surface area contributed by atoms with Gasteiger partial charge in [-0.2, -0.15) is 0 Å². The number of ether oxygens (including phenoxy) is 2. The maximum atomic E-state index is 12.2. The minimum Gasteiger partial charge on any atom is -0.462 e. The van der Waals surface area contributed by atoms with Gasteiger partial charge in [-0.1, -0.05) is 0 Å². The summed E-state index contributed by atoms with van der Waals surface area (Å²) >= 11 is 1.36. The van der Waals surface area contributed by atoms with Gasteiger partial charge < -0.3 is 19.6 Å². The van der Waals surface area contributed by atoms with Gasteiger partial charge in [0.2, 0.25) is 0 Å². The highest BCUT2D eigenvalue weighted by atomic mass is 32.1. The number of hydrogen-bond donors (Lipinski definition) is 1. The van der Waals surface area contributed by atoms with Crippen molar-refractivity contribution < 1.29 is 28.7 Å². The number of nitrogens with one attached hydrogen (secondary N) is 1. The lowest BCUT2D eigenvalue weighted by Crippen LogP contribution is -2.22. The first kappa shape index (κ1) is 19.1. The van der Waals surface area contributed by atoms with E-state index in [1.54, 1.807) is 6.92 Å². The molecule has 0 aromatic carbocycles. The molecule has 0 saturated heterocycles. The van der Waals surface area contributed by atoms with Gasteiger partial charge in [0.1, 0.15) is 10.8 Å². The van der Waals surface area contributed by atoms with Crippen LogP contribution in [0.2, 0.25) is 0 Å². The highest BCUT2D eigenvalue weighted by Gasteiger charge is 2.28. The van der Waals surface area contributed by atoms with Gasteiger partial charge in [-0.25, -0.2) is 4.79 Å². The second-order valence-corrected chi connectivity index (χ2v) is 6.80. The van der Waals surface area contributed by atoms with Crippen LogP contribution in [-0.4, -0.2) is 36.8 Å². The number of hydrogen-bond acceptors (Lipinski definition) is 7. The number of rotatable bonds is 8. The molecular formula is C17H21NO6S. The molecule has 0 radical (unpaired) electrons. The number of carbonyl (C=O) groups excluding carboxylic acids is 4. The summed E-state index contributed by atoms with van der Waals surface area (Å²) in [6, 6.07) is 0. The molecule has 2 rings (SSSR count). The van der Waals surface area contributed by atoms with Crippen LogP contribution in [0.5, 0.6) is 0 Å². The lowest BCUT2D eigenvalue weighted by Gasteiger charge is -2.08. The van der Waals surface area contributed by atoms with Gasteiger partial charge in [-0.05, 0) is 38.7 Å². The zero-order valence-electron chi connectivity index (χ0n) is 14.3. The second kappa shape index (κ2) is 8.75. The van der Waals surface area contributed by atoms with Gasteiger partial charge in [0.15, 0.2) is 6.61 Å². The van der Waals surface area contributed by atoms with Crippen LogP contribution in [0.25, 0.3) is 0 Å². The Labute approximate surface area is 149 Å². The Morgan fingerprint density at radius 3 is 2.56 bits per heavy atom. The van der Waals surface area contributed by atoms with E-state index in [9.17, 15) is 19.2 Å². The smallest absolute Gasteiger partial charge is 0.341 e. The maximum absolute atomic E-state index is 12.2. The standard InChI is InChI=1S/C17H21NO6S/c1-3-23-17(22)15-11-5-4-6-12(11)25-16(15)18-13(20)9-24-14(21)8-7-10(2)19/h3-9H2,1-2H3,(H,18,20). The van der Waals surface area contributed by atoms with Gasteiger partial charge in [-0.15, -0.1) is 11.3 Å². The van der Waals surface area contributed by atoms with Crippen molar-refractivity contribution >= 4 is 40.0 Å². The zero-order chi connectivity index (χ0) is 18.4. The summed E-state index contributed by atoms with van der Waals surface area (Å²) in [5.41, 5.74) is 1.35. The highest BCUT2D eigenvalue weighted by Crippen LogP contribution is 2.39. The van der Waals surface area contributed by atoms with Crippen LogP contribution >= 0.6 is 11.3 Å². The molecule has 7 nitrogen and oxygen atoms in total. The Balaban J connectivity index is 1.98. The summed E-state index contributed by atoms with van der Waals surface area (Å²) in [5.74, 6) is -1.70. The average molecular weight is 367 g/mol. The topological polar surface area (TPSA) is 98.8 Å². The molecule has 0 fully saturated rings. The summed E-state index contributed by atoms with van der Waals surface area (Å²) in [4.78, 5) is 47.6. The molecule has 0 spiro atoms. The Morgan fingerprint density at radius 1 is 1.12 bits per heavy atom. The monoisotopic (exact) mass is 367 g/mol. The SMILES string of the molecule is CCOC(=O)c1c(NC(=O)COC(=O)CCC(C)=O)sc2c1CCC2. The molecule has 136 valence electrons. The summed E-state index contributed by atoms with van der Waals surface area (Å²) in [5, 5.41) is 3.07. The third-order valence-corrected chi connectivity index (χ3v) is 4.91. The Morgan fingerprint density at radius 2 is 1.88 bits per heavy atom. The Hall–Kier alpha value is -2.22. The normalized spacial score (nSPS) is 12.4. The largest absolute Gasteiger partial charge is 0.462 e. The van der Waals surface area contributed by atoms with E-state index in [1.807, 2.05) is 0 Å². The Kier molecular flexibility index (Phi) is 6.69. The number of esters is 2. The molecule has 0 unspecified atom stereocenters. The third kappa shape index (κ3) is 5.12. The summed E-state index contributed by atoms with van der Waals surface area (Å²) < 4.78 is 9.92. The number of carbonyl (C=O) groups is 4. The number of aryl methyl sites for hydroxylation is 1. The average Bonchev–Trinajstić information content (AvgIpc) is 3.11. The van der Waals surface area contributed by atoms with Crippen LogP contribution in [0.1, 0.15) is 53.9 Å². The van der Waals surface area contributed by atoms with Gasteiger partial charge in [-0.3, -0.25) is 9.59 Å². The van der Waals surface area contributed by atoms with E-state index in [-0.39, 0.29) is 25.2 Å². The molecule has 1 aromatic rings. The zero-order valence-corrected chi connectivity index (χ0v) is 15.1. The third-order valence-electron chi connectivity index (χ3n) is 3.70. The molecular weight excluding hydrogens is 346 g/mol. The van der Waals surface area contributed by atoms with E-state index < -0.39 is 24.5 Å². The van der Waals surface area contributed by atoms with E-state index in [2.05, 4.69) is 5.32 Å². The molecule has 1 N–H and O–H groups in total. The predicted octanol–water partition coefficient (Wildman–Crippen LogP) is 2.26. The molecule has 1 aromatic heterocycles. The first-order valence-electron chi connectivity index (χ1n) is 8.19. The van der Waals surface area contributed by atoms with Crippen LogP contribution in [0.3, 0.4) is 0 Å². The molecule has 1 heterocycles. The maximum Gasteiger partial charge on any atom is 0.341 e. The molecule has 1 amide bonds. The minimum atomic E-state index is -0.607. The van der Waals surface area contributed by atoms with Crippen LogP contribution in [0, 0.1) is 0 Å². The number of anilines is 1. The summed E-state index contributed by atoms with van der Waals surface area (Å²) in [7, 11) is 0. The highest BCUT2D eigenvalue weighted by molar-refractivity contribution is 7.17. The number of thiophene rings is 1. The van der Waals surface area contributed by atoms with Crippen molar-refractivity contribution in [3.63, 3.8) is 0 Å². The van der Waals surface area contributed by atoms with Gasteiger partial charge >= 0.3 is 11.9 Å². The van der Waals surface area contributed by atoms with Crippen molar-refractivity contribution in [2.24, 2.45) is 0 Å². The van der Waals surface area contributed by atoms with E-state index in [4.69, 9.17) is 9.47 Å². The van der Waals surface area contributed by atoms with Gasteiger partial charge in [0.05, 0.1) is 18.6 Å². The van der Waals surface area contributed by atoms with Crippen molar-refractivity contribution in [1.82, 2.24) is 0 Å². The van der Waals surface area contributed by atoms with Crippen LogP contribution in [-0.2, 0) is 36.7 Å². The first-order chi connectivity index (χ1) is 11.9. The molecule has 0 bridgehead atoms. The van der Waals surface area contributed by atoms with E-state index in [0.717, 1.165) is 29.7 Å². The predicted molar refractivity (Wildman–Crippen MR) is 91.8 cm³/mol. The fourth-order valence-corrected chi connectivity index (χ4v) is 3.86. The minimum absolute atomic E-state index is 0.0516. The molecule has 0 aliphatic heterocycles. The van der Waals surface area contributed by atoms with Gasteiger partial charge in [0, 0.05) is 11.3 Å². The van der Waals surface area contributed by atoms with Crippen LogP contribution in [0.4, 0.5) is 5.00 Å². The van der Waals surface area contributed by atoms with E-state index >= 15 is 0 Å². The fourth-order valence-electron chi connectivity index (χ4n) is 2.57. The van der Waals surface area contributed by atoms with Crippen molar-refractivity contribution in [1.29, 1.82) is 0 Å². The first-order valence-corrected chi connectivity index (χ1v) is 9.00. The molecule has 25 heavy (non-hydrogen) atoms. The van der Waals surface area contributed by atoms with Crippen molar-refractivity contribution in [2.75, 3.05) is 18.5 Å². The molecule has 8 heteroatoms. The van der Waals surface area contributed by atoms with Crippen molar-refractivity contribution in [3.05, 3.63) is 16.0 Å². The van der Waals surface area contributed by atoms with Crippen molar-refractivity contribution in [2.45, 2.75) is 46.0 Å². The molecule has 1 aliphatic rings. The summed E-state index contributed by atoms with van der Waals surface area (Å²) in [6.45, 7) is 2.91. The molecule has 0 saturated carbocycles. The molecule has 0 atom stereocenters. The van der Waals surface area contributed by atoms with Crippen LogP contribution in [0.15, 0.2) is 0 Å². The number of ketones is 1. The summed E-state index contributed by atoms with van der Waals surface area (Å²) in [6.07, 6.45) is 2.68. The van der Waals surface area contributed by atoms with Crippen LogP contribution < -0.4 is 5.32 Å².